The smallest absolute Gasteiger partial charge is 0.0166 e. The Bertz CT molecular complexity index is 134. The lowest BCUT2D eigenvalue weighted by Crippen LogP contribution is -2.29. The Morgan fingerprint density at radius 2 is 2.15 bits per heavy atom. The van der Waals surface area contributed by atoms with E-state index in [0.29, 0.717) is 5.41 Å². The molecule has 1 fully saturated rings. The molecule has 1 nitrogen and oxygen atoms in total. The molecule has 1 unspecified atom stereocenters. The molecule has 2 heteroatoms. The van der Waals surface area contributed by atoms with Gasteiger partial charge in [-0.25, -0.2) is 0 Å². The standard InChI is InChI=1S/C11H23NS/c1-11(2,3)6-4-7-12-10-5-8-13-9-10/h10,12H,4-9H2,1-3H3. The second kappa shape index (κ2) is 5.26. The van der Waals surface area contributed by atoms with E-state index < -0.39 is 0 Å². The van der Waals surface area contributed by atoms with Crippen LogP contribution in [0.2, 0.25) is 0 Å². The highest BCUT2D eigenvalue weighted by molar-refractivity contribution is 7.99. The van der Waals surface area contributed by atoms with Gasteiger partial charge in [0.1, 0.15) is 0 Å². The molecule has 0 aromatic rings. The predicted molar refractivity (Wildman–Crippen MR) is 62.4 cm³/mol. The zero-order valence-electron chi connectivity index (χ0n) is 9.23. The minimum absolute atomic E-state index is 0.506. The van der Waals surface area contributed by atoms with Crippen LogP contribution < -0.4 is 5.32 Å². The van der Waals surface area contributed by atoms with Gasteiger partial charge in [-0.1, -0.05) is 20.8 Å². The lowest BCUT2D eigenvalue weighted by atomic mass is 9.90. The van der Waals surface area contributed by atoms with E-state index in [1.54, 1.807) is 0 Å². The molecule has 1 heterocycles. The summed E-state index contributed by atoms with van der Waals surface area (Å²) >= 11 is 2.08. The Kier molecular flexibility index (Phi) is 4.60. The summed E-state index contributed by atoms with van der Waals surface area (Å²) in [7, 11) is 0. The summed E-state index contributed by atoms with van der Waals surface area (Å²) in [6.45, 7) is 8.16. The van der Waals surface area contributed by atoms with Gasteiger partial charge in [0.15, 0.2) is 0 Å². The largest absolute Gasteiger partial charge is 0.313 e. The minimum atomic E-state index is 0.506. The summed E-state index contributed by atoms with van der Waals surface area (Å²) in [4.78, 5) is 0. The summed E-state index contributed by atoms with van der Waals surface area (Å²) < 4.78 is 0. The highest BCUT2D eigenvalue weighted by Gasteiger charge is 2.14. The van der Waals surface area contributed by atoms with Crippen LogP contribution in [0.4, 0.5) is 0 Å². The topological polar surface area (TPSA) is 12.0 Å². The molecule has 0 aliphatic carbocycles. The first-order valence-corrected chi connectivity index (χ1v) is 6.54. The van der Waals surface area contributed by atoms with Gasteiger partial charge in [0, 0.05) is 11.8 Å². The van der Waals surface area contributed by atoms with Crippen molar-refractivity contribution in [3.8, 4) is 0 Å². The van der Waals surface area contributed by atoms with Crippen LogP contribution in [0.5, 0.6) is 0 Å². The third-order valence-electron chi connectivity index (χ3n) is 2.47. The Hall–Kier alpha value is 0.310. The molecule has 0 spiro atoms. The molecule has 1 N–H and O–H groups in total. The summed E-state index contributed by atoms with van der Waals surface area (Å²) in [6.07, 6.45) is 4.03. The maximum Gasteiger partial charge on any atom is 0.0166 e. The zero-order chi connectivity index (χ0) is 9.73. The van der Waals surface area contributed by atoms with Crippen molar-refractivity contribution in [2.75, 3.05) is 18.1 Å². The van der Waals surface area contributed by atoms with Crippen LogP contribution in [0.25, 0.3) is 0 Å². The molecule has 0 bridgehead atoms. The molecule has 1 atom stereocenters. The Morgan fingerprint density at radius 1 is 1.38 bits per heavy atom. The average Bonchev–Trinajstić information content (AvgIpc) is 2.48. The monoisotopic (exact) mass is 201 g/mol. The normalized spacial score (nSPS) is 23.8. The van der Waals surface area contributed by atoms with Crippen molar-refractivity contribution in [2.45, 2.75) is 46.1 Å². The van der Waals surface area contributed by atoms with Crippen LogP contribution in [0, 0.1) is 5.41 Å². The van der Waals surface area contributed by atoms with Gasteiger partial charge in [0.2, 0.25) is 0 Å². The van der Waals surface area contributed by atoms with Crippen molar-refractivity contribution in [1.29, 1.82) is 0 Å². The first-order valence-electron chi connectivity index (χ1n) is 5.39. The van der Waals surface area contributed by atoms with Gasteiger partial charge in [0.25, 0.3) is 0 Å². The zero-order valence-corrected chi connectivity index (χ0v) is 10.0. The molecule has 1 aliphatic rings. The molecule has 0 radical (unpaired) electrons. The molecule has 78 valence electrons. The highest BCUT2D eigenvalue weighted by atomic mass is 32.2. The lowest BCUT2D eigenvalue weighted by Gasteiger charge is -2.18. The van der Waals surface area contributed by atoms with Gasteiger partial charge in [0.05, 0.1) is 0 Å². The first-order chi connectivity index (χ1) is 6.08. The second-order valence-electron chi connectivity index (χ2n) is 5.18. The molecule has 1 aliphatic heterocycles. The van der Waals surface area contributed by atoms with Crippen LogP contribution >= 0.6 is 11.8 Å². The molecule has 1 rings (SSSR count). The van der Waals surface area contributed by atoms with Gasteiger partial charge >= 0.3 is 0 Å². The number of hydrogen-bond donors (Lipinski definition) is 1. The molecule has 0 aromatic heterocycles. The van der Waals surface area contributed by atoms with Crippen LogP contribution in [0.3, 0.4) is 0 Å². The van der Waals surface area contributed by atoms with E-state index in [1.807, 2.05) is 0 Å². The van der Waals surface area contributed by atoms with Crippen molar-refractivity contribution < 1.29 is 0 Å². The molecule has 0 saturated carbocycles. The fourth-order valence-corrected chi connectivity index (χ4v) is 2.81. The van der Waals surface area contributed by atoms with E-state index in [4.69, 9.17) is 0 Å². The number of thioether (sulfide) groups is 1. The predicted octanol–water partition coefficient (Wildman–Crippen LogP) is 2.91. The van der Waals surface area contributed by atoms with Crippen molar-refractivity contribution >= 4 is 11.8 Å². The fraction of sp³-hybridized carbons (Fsp3) is 1.00. The van der Waals surface area contributed by atoms with E-state index in [0.717, 1.165) is 6.04 Å². The maximum absolute atomic E-state index is 3.63. The Balaban J connectivity index is 1.94. The van der Waals surface area contributed by atoms with E-state index >= 15 is 0 Å². The lowest BCUT2D eigenvalue weighted by molar-refractivity contribution is 0.357. The molecule has 0 aromatic carbocycles. The summed E-state index contributed by atoms with van der Waals surface area (Å²) in [6, 6.07) is 0.810. The quantitative estimate of drug-likeness (QED) is 0.702. The van der Waals surface area contributed by atoms with E-state index in [-0.39, 0.29) is 0 Å². The van der Waals surface area contributed by atoms with Gasteiger partial charge in [-0.05, 0) is 37.0 Å². The summed E-state index contributed by atoms with van der Waals surface area (Å²) in [5.41, 5.74) is 0.506. The second-order valence-corrected chi connectivity index (χ2v) is 6.33. The minimum Gasteiger partial charge on any atom is -0.313 e. The maximum atomic E-state index is 3.63. The number of rotatable bonds is 4. The molecular weight excluding hydrogens is 178 g/mol. The van der Waals surface area contributed by atoms with Crippen LogP contribution in [0.15, 0.2) is 0 Å². The molecule has 0 amide bonds. The van der Waals surface area contributed by atoms with Crippen molar-refractivity contribution in [1.82, 2.24) is 5.32 Å². The first kappa shape index (κ1) is 11.4. The van der Waals surface area contributed by atoms with Gasteiger partial charge in [-0.2, -0.15) is 11.8 Å². The number of hydrogen-bond acceptors (Lipinski definition) is 2. The Labute approximate surface area is 87.1 Å². The molecule has 13 heavy (non-hydrogen) atoms. The summed E-state index contributed by atoms with van der Waals surface area (Å²) in [5, 5.41) is 3.63. The third kappa shape index (κ3) is 5.58. The van der Waals surface area contributed by atoms with Crippen molar-refractivity contribution in [3.63, 3.8) is 0 Å². The average molecular weight is 201 g/mol. The van der Waals surface area contributed by atoms with E-state index in [1.165, 1.54) is 37.3 Å². The molecule has 1 saturated heterocycles. The fourth-order valence-electron chi connectivity index (χ4n) is 1.62. The summed E-state index contributed by atoms with van der Waals surface area (Å²) in [5.74, 6) is 2.69. The van der Waals surface area contributed by atoms with Crippen LogP contribution in [-0.2, 0) is 0 Å². The van der Waals surface area contributed by atoms with Crippen LogP contribution in [-0.4, -0.2) is 24.1 Å². The van der Waals surface area contributed by atoms with Gasteiger partial charge in [-0.15, -0.1) is 0 Å². The van der Waals surface area contributed by atoms with Gasteiger partial charge < -0.3 is 5.32 Å². The Morgan fingerprint density at radius 3 is 2.69 bits per heavy atom. The third-order valence-corrected chi connectivity index (χ3v) is 3.63. The van der Waals surface area contributed by atoms with Crippen LogP contribution in [0.1, 0.15) is 40.0 Å². The highest BCUT2D eigenvalue weighted by Crippen LogP contribution is 2.20. The van der Waals surface area contributed by atoms with E-state index in [2.05, 4.69) is 37.8 Å². The number of nitrogens with one attached hydrogen (secondary N) is 1. The van der Waals surface area contributed by atoms with E-state index in [9.17, 15) is 0 Å². The molecular formula is C11H23NS. The van der Waals surface area contributed by atoms with Gasteiger partial charge in [-0.3, -0.25) is 0 Å². The SMILES string of the molecule is CC(C)(C)CCCNC1CCSC1. The van der Waals surface area contributed by atoms with Crippen molar-refractivity contribution in [3.05, 3.63) is 0 Å². The van der Waals surface area contributed by atoms with Crippen molar-refractivity contribution in [2.24, 2.45) is 5.41 Å².